The van der Waals surface area contributed by atoms with Crippen LogP contribution in [0.25, 0.3) is 16.0 Å². The van der Waals surface area contributed by atoms with Gasteiger partial charge in [-0.15, -0.1) is 0 Å². The van der Waals surface area contributed by atoms with Crippen LogP contribution in [0.4, 0.5) is 13.9 Å². The number of anilines is 1. The van der Waals surface area contributed by atoms with Crippen molar-refractivity contribution in [1.29, 1.82) is 0 Å². The number of aliphatic hydroxyl groups is 1. The molecule has 0 bridgehead atoms. The number of ketones is 1. The smallest absolute Gasteiger partial charge is 0.301 e. The number of aliphatic hydroxyl groups excluding tert-OH is 1. The van der Waals surface area contributed by atoms with Crippen molar-refractivity contribution in [2.75, 3.05) is 12.0 Å². The summed E-state index contributed by atoms with van der Waals surface area (Å²) in [5.74, 6) is -3.01. The predicted octanol–water partition coefficient (Wildman–Crippen LogP) is 5.21. The first-order valence-corrected chi connectivity index (χ1v) is 11.0. The van der Waals surface area contributed by atoms with Gasteiger partial charge in [0.05, 0.1) is 22.9 Å². The van der Waals surface area contributed by atoms with Crippen molar-refractivity contribution in [3.8, 4) is 5.75 Å². The molecule has 0 aliphatic carbocycles. The highest BCUT2D eigenvalue weighted by Gasteiger charge is 2.49. The van der Waals surface area contributed by atoms with E-state index in [2.05, 4.69) is 4.98 Å². The lowest BCUT2D eigenvalue weighted by atomic mass is 9.95. The van der Waals surface area contributed by atoms with Gasteiger partial charge in [-0.1, -0.05) is 29.5 Å². The number of nitrogens with zero attached hydrogens (tertiary/aromatic N) is 2. The molecule has 1 fully saturated rings. The zero-order chi connectivity index (χ0) is 24.0. The quantitative estimate of drug-likeness (QED) is 0.248. The van der Waals surface area contributed by atoms with Gasteiger partial charge < -0.3 is 9.84 Å². The minimum absolute atomic E-state index is 0.0159. The Balaban J connectivity index is 1.73. The molecule has 1 aliphatic rings. The van der Waals surface area contributed by atoms with Gasteiger partial charge in [0.25, 0.3) is 5.78 Å². The standard InChI is InChI=1S/C25H16F2N2O4S/c1-33-15-9-6-13(7-10-15)22(30)20-21(16-4-2-3-5-17(16)27)29(24(32)23(20)31)25-28-18-11-8-14(26)12-19(18)34-25/h2-12,21,30H,1H3. The highest BCUT2D eigenvalue weighted by Crippen LogP contribution is 2.45. The molecule has 0 radical (unpaired) electrons. The minimum atomic E-state index is -1.27. The number of rotatable bonds is 4. The van der Waals surface area contributed by atoms with Crippen LogP contribution in [0.15, 0.2) is 72.3 Å². The normalized spacial score (nSPS) is 17.5. The van der Waals surface area contributed by atoms with Crippen LogP contribution in [0, 0.1) is 11.6 Å². The first-order valence-electron chi connectivity index (χ1n) is 10.1. The van der Waals surface area contributed by atoms with Crippen LogP contribution in [0.2, 0.25) is 0 Å². The highest BCUT2D eigenvalue weighted by atomic mass is 32.1. The van der Waals surface area contributed by atoms with Crippen molar-refractivity contribution in [2.45, 2.75) is 6.04 Å². The molecule has 5 rings (SSSR count). The molecule has 1 atom stereocenters. The van der Waals surface area contributed by atoms with Gasteiger partial charge in [-0.05, 0) is 48.5 Å². The molecule has 4 aromatic rings. The largest absolute Gasteiger partial charge is 0.507 e. The Morgan fingerprint density at radius 1 is 1.06 bits per heavy atom. The predicted molar refractivity (Wildman–Crippen MR) is 124 cm³/mol. The number of methoxy groups -OCH3 is 1. The minimum Gasteiger partial charge on any atom is -0.507 e. The van der Waals surface area contributed by atoms with Crippen molar-refractivity contribution in [3.05, 3.63) is 95.1 Å². The number of aromatic nitrogens is 1. The molecular formula is C25H16F2N2O4S. The Kier molecular flexibility index (Phi) is 5.33. The van der Waals surface area contributed by atoms with E-state index in [9.17, 15) is 23.5 Å². The molecule has 0 spiro atoms. The maximum Gasteiger partial charge on any atom is 0.301 e. The number of thiazole rings is 1. The second kappa shape index (κ2) is 8.35. The highest BCUT2D eigenvalue weighted by molar-refractivity contribution is 7.22. The molecule has 1 N–H and O–H groups in total. The van der Waals surface area contributed by atoms with E-state index < -0.39 is 35.1 Å². The Hall–Kier alpha value is -4.11. The number of halogens is 2. The van der Waals surface area contributed by atoms with Crippen LogP contribution in [0.3, 0.4) is 0 Å². The van der Waals surface area contributed by atoms with Gasteiger partial charge in [-0.25, -0.2) is 13.8 Å². The third-order valence-electron chi connectivity index (χ3n) is 5.55. The van der Waals surface area contributed by atoms with Crippen LogP contribution in [-0.2, 0) is 9.59 Å². The summed E-state index contributed by atoms with van der Waals surface area (Å²) in [7, 11) is 1.49. The molecule has 1 aromatic heterocycles. The maximum atomic E-state index is 14.9. The molecule has 9 heteroatoms. The number of fused-ring (bicyclic) bond motifs is 1. The topological polar surface area (TPSA) is 79.7 Å². The molecule has 3 aromatic carbocycles. The number of hydrogen-bond donors (Lipinski definition) is 1. The molecule has 1 saturated heterocycles. The van der Waals surface area contributed by atoms with Crippen LogP contribution >= 0.6 is 11.3 Å². The fraction of sp³-hybridized carbons (Fsp3) is 0.0800. The molecule has 1 aliphatic heterocycles. The molecule has 1 unspecified atom stereocenters. The first-order chi connectivity index (χ1) is 16.4. The molecule has 34 heavy (non-hydrogen) atoms. The van der Waals surface area contributed by atoms with Gasteiger partial charge in [-0.3, -0.25) is 14.5 Å². The third kappa shape index (κ3) is 3.50. The van der Waals surface area contributed by atoms with E-state index in [1.165, 1.54) is 55.6 Å². The van der Waals surface area contributed by atoms with Gasteiger partial charge in [-0.2, -0.15) is 0 Å². The fourth-order valence-corrected chi connectivity index (χ4v) is 4.93. The monoisotopic (exact) mass is 478 g/mol. The molecule has 6 nitrogen and oxygen atoms in total. The number of amides is 1. The van der Waals surface area contributed by atoms with E-state index in [4.69, 9.17) is 4.74 Å². The lowest BCUT2D eigenvalue weighted by Crippen LogP contribution is -2.29. The van der Waals surface area contributed by atoms with Gasteiger partial charge >= 0.3 is 5.91 Å². The SMILES string of the molecule is COc1ccc(C(O)=C2C(=O)C(=O)N(c3nc4ccc(F)cc4s3)C2c2ccccc2F)cc1. The first kappa shape index (κ1) is 21.7. The van der Waals surface area contributed by atoms with E-state index in [-0.39, 0.29) is 21.8 Å². The van der Waals surface area contributed by atoms with E-state index in [0.717, 1.165) is 16.2 Å². The number of carbonyl (C=O) groups is 2. The third-order valence-corrected chi connectivity index (χ3v) is 6.57. The summed E-state index contributed by atoms with van der Waals surface area (Å²) in [4.78, 5) is 31.8. The van der Waals surface area contributed by atoms with Crippen molar-refractivity contribution in [2.24, 2.45) is 0 Å². The number of benzene rings is 3. The molecule has 2 heterocycles. The zero-order valence-electron chi connectivity index (χ0n) is 17.7. The Bertz CT molecular complexity index is 1480. The van der Waals surface area contributed by atoms with Crippen molar-refractivity contribution < 1.29 is 28.2 Å². The molecule has 170 valence electrons. The zero-order valence-corrected chi connectivity index (χ0v) is 18.5. The van der Waals surface area contributed by atoms with Gasteiger partial charge in [0, 0.05) is 11.1 Å². The summed E-state index contributed by atoms with van der Waals surface area (Å²) in [6.45, 7) is 0. The second-order valence-electron chi connectivity index (χ2n) is 7.53. The number of Topliss-reactive ketones (excluding diaryl/α,β-unsaturated/α-hetero) is 1. The number of ether oxygens (including phenoxy) is 1. The molecular weight excluding hydrogens is 462 g/mol. The summed E-state index contributed by atoms with van der Waals surface area (Å²) in [6, 6.07) is 14.6. The number of carbonyl (C=O) groups excluding carboxylic acids is 2. The fourth-order valence-electron chi connectivity index (χ4n) is 3.91. The molecule has 1 amide bonds. The summed E-state index contributed by atoms with van der Waals surface area (Å²) in [5.41, 5.74) is 0.421. The van der Waals surface area contributed by atoms with Gasteiger partial charge in [0.1, 0.15) is 29.2 Å². The Labute approximate surface area is 196 Å². The maximum absolute atomic E-state index is 14.9. The van der Waals surface area contributed by atoms with Crippen LogP contribution in [0.5, 0.6) is 5.75 Å². The average molecular weight is 478 g/mol. The lowest BCUT2D eigenvalue weighted by Gasteiger charge is -2.23. The van der Waals surface area contributed by atoms with Crippen LogP contribution in [-0.4, -0.2) is 28.9 Å². The van der Waals surface area contributed by atoms with Crippen molar-refractivity contribution in [1.82, 2.24) is 4.98 Å². The average Bonchev–Trinajstić information content (AvgIpc) is 3.36. The van der Waals surface area contributed by atoms with Gasteiger partial charge in [0.2, 0.25) is 0 Å². The summed E-state index contributed by atoms with van der Waals surface area (Å²) < 4.78 is 34.2. The van der Waals surface area contributed by atoms with E-state index >= 15 is 0 Å². The number of hydrogen-bond acceptors (Lipinski definition) is 6. The van der Waals surface area contributed by atoms with E-state index in [1.807, 2.05) is 0 Å². The summed E-state index contributed by atoms with van der Waals surface area (Å²) in [5, 5.41) is 11.2. The summed E-state index contributed by atoms with van der Waals surface area (Å²) >= 11 is 0.992. The second-order valence-corrected chi connectivity index (χ2v) is 8.54. The molecule has 0 saturated carbocycles. The van der Waals surface area contributed by atoms with Crippen molar-refractivity contribution >= 4 is 44.1 Å². The van der Waals surface area contributed by atoms with E-state index in [0.29, 0.717) is 16.0 Å². The van der Waals surface area contributed by atoms with Crippen LogP contribution < -0.4 is 9.64 Å². The Morgan fingerprint density at radius 2 is 1.79 bits per heavy atom. The Morgan fingerprint density at radius 3 is 2.50 bits per heavy atom. The van der Waals surface area contributed by atoms with Crippen molar-refractivity contribution in [3.63, 3.8) is 0 Å². The van der Waals surface area contributed by atoms with E-state index in [1.54, 1.807) is 18.2 Å². The van der Waals surface area contributed by atoms with Gasteiger partial charge in [0.15, 0.2) is 5.13 Å². The lowest BCUT2D eigenvalue weighted by molar-refractivity contribution is -0.132. The summed E-state index contributed by atoms with van der Waals surface area (Å²) in [6.07, 6.45) is 0. The van der Waals surface area contributed by atoms with Crippen LogP contribution in [0.1, 0.15) is 17.2 Å².